The maximum Gasteiger partial charge on any atom is 0.226 e. The van der Waals surface area contributed by atoms with Crippen molar-refractivity contribution in [3.05, 3.63) is 197 Å². The van der Waals surface area contributed by atoms with Gasteiger partial charge in [-0.15, -0.1) is 0 Å². The van der Waals surface area contributed by atoms with Gasteiger partial charge >= 0.3 is 0 Å². The van der Waals surface area contributed by atoms with Crippen LogP contribution in [0.4, 0.5) is 0 Å². The Hall–Kier alpha value is -5.90. The molecule has 0 amide bonds. The number of rotatable bonds is 5. The molecule has 1 aliphatic rings. The number of fused-ring (bicyclic) bond motifs is 4. The van der Waals surface area contributed by atoms with Gasteiger partial charge in [-0.05, 0) is 72.9 Å². The van der Waals surface area contributed by atoms with E-state index in [0.29, 0.717) is 11.6 Å². The first kappa shape index (κ1) is 28.3. The fraction of sp³-hybridized carbons (Fsp3) is 0.0227. The van der Waals surface area contributed by atoms with E-state index in [2.05, 4.69) is 169 Å². The van der Waals surface area contributed by atoms with E-state index in [1.165, 1.54) is 44.2 Å². The molecule has 0 fully saturated rings. The molecule has 0 N–H and O–H groups in total. The number of benzene rings is 7. The molecule has 0 spiro atoms. The van der Waals surface area contributed by atoms with Crippen molar-refractivity contribution >= 4 is 22.4 Å². The van der Waals surface area contributed by atoms with Crippen LogP contribution in [-0.4, -0.2) is 15.0 Å². The van der Waals surface area contributed by atoms with Crippen LogP contribution in [0.2, 0.25) is 5.28 Å². The molecule has 3 nitrogen and oxygen atoms in total. The van der Waals surface area contributed by atoms with Crippen molar-refractivity contribution in [2.24, 2.45) is 0 Å². The summed E-state index contributed by atoms with van der Waals surface area (Å²) in [6.07, 6.45) is 0. The van der Waals surface area contributed by atoms with Gasteiger partial charge in [0.1, 0.15) is 0 Å². The van der Waals surface area contributed by atoms with Gasteiger partial charge < -0.3 is 0 Å². The van der Waals surface area contributed by atoms with Crippen LogP contribution in [-0.2, 0) is 5.41 Å². The Kier molecular flexibility index (Phi) is 6.74. The van der Waals surface area contributed by atoms with Gasteiger partial charge in [-0.3, -0.25) is 0 Å². The number of aromatic nitrogens is 3. The summed E-state index contributed by atoms with van der Waals surface area (Å²) in [6, 6.07) is 59.9. The molecule has 8 aromatic rings. The van der Waals surface area contributed by atoms with Crippen molar-refractivity contribution in [3.8, 4) is 45.0 Å². The van der Waals surface area contributed by atoms with Gasteiger partial charge in [0, 0.05) is 11.1 Å². The SMILES string of the molecule is Clc1nc(-c2ccc3c(c2)C(c2ccccc2)(c2ccccc2)c2ccccc2-3)nc(-c2ccccc2-c2cccc3ccccc23)n1. The van der Waals surface area contributed by atoms with Crippen molar-refractivity contribution in [3.63, 3.8) is 0 Å². The molecular weight excluding hydrogens is 606 g/mol. The molecule has 0 saturated carbocycles. The van der Waals surface area contributed by atoms with Crippen LogP contribution in [0.3, 0.4) is 0 Å². The molecule has 0 unspecified atom stereocenters. The van der Waals surface area contributed by atoms with Gasteiger partial charge in [0.25, 0.3) is 0 Å². The summed E-state index contributed by atoms with van der Waals surface area (Å²) >= 11 is 6.72. The first-order valence-electron chi connectivity index (χ1n) is 16.1. The Balaban J connectivity index is 1.25. The maximum atomic E-state index is 6.72. The Labute approximate surface area is 284 Å². The van der Waals surface area contributed by atoms with Crippen molar-refractivity contribution in [2.45, 2.75) is 5.41 Å². The largest absolute Gasteiger partial charge is 0.226 e. The molecule has 1 aliphatic carbocycles. The highest BCUT2D eigenvalue weighted by atomic mass is 35.5. The minimum Gasteiger partial charge on any atom is -0.208 e. The average Bonchev–Trinajstić information content (AvgIpc) is 3.45. The van der Waals surface area contributed by atoms with Crippen LogP contribution in [0, 0.1) is 0 Å². The van der Waals surface area contributed by atoms with Gasteiger partial charge in [0.05, 0.1) is 5.41 Å². The lowest BCUT2D eigenvalue weighted by atomic mass is 9.67. The molecule has 0 bridgehead atoms. The molecule has 0 saturated heterocycles. The van der Waals surface area contributed by atoms with Crippen molar-refractivity contribution < 1.29 is 0 Å². The lowest BCUT2D eigenvalue weighted by Gasteiger charge is -2.34. The van der Waals surface area contributed by atoms with E-state index >= 15 is 0 Å². The third-order valence-corrected chi connectivity index (χ3v) is 9.74. The lowest BCUT2D eigenvalue weighted by Crippen LogP contribution is -2.28. The second kappa shape index (κ2) is 11.4. The second-order valence-corrected chi connectivity index (χ2v) is 12.5. The third-order valence-electron chi connectivity index (χ3n) is 9.57. The Morgan fingerprint density at radius 2 is 0.958 bits per heavy atom. The van der Waals surface area contributed by atoms with E-state index in [1.807, 2.05) is 6.07 Å². The summed E-state index contributed by atoms with van der Waals surface area (Å²) in [7, 11) is 0. The van der Waals surface area contributed by atoms with Gasteiger partial charge in [-0.1, -0.05) is 164 Å². The smallest absolute Gasteiger partial charge is 0.208 e. The highest BCUT2D eigenvalue weighted by molar-refractivity contribution is 6.28. The van der Waals surface area contributed by atoms with Crippen LogP contribution in [0.25, 0.3) is 55.8 Å². The minimum absolute atomic E-state index is 0.156. The summed E-state index contributed by atoms with van der Waals surface area (Å²) in [5.41, 5.74) is 10.7. The quantitative estimate of drug-likeness (QED) is 0.189. The van der Waals surface area contributed by atoms with Crippen LogP contribution < -0.4 is 0 Å². The number of nitrogens with zero attached hydrogens (tertiary/aromatic N) is 3. The fourth-order valence-corrected chi connectivity index (χ4v) is 7.72. The molecule has 1 aromatic heterocycles. The first-order valence-corrected chi connectivity index (χ1v) is 16.4. The van der Waals surface area contributed by atoms with Gasteiger partial charge in [-0.25, -0.2) is 4.98 Å². The molecule has 9 rings (SSSR count). The zero-order chi connectivity index (χ0) is 32.1. The standard InChI is InChI=1S/C44H28ClN3/c45-43-47-41(46-42(48-43)38-23-10-9-21-35(38)34-24-13-15-29-14-7-8-20-33(29)34)30-26-27-37-36-22-11-12-25-39(36)44(40(37)28-30,31-16-3-1-4-17-31)32-18-5-2-6-19-32/h1-28H. The Bertz CT molecular complexity index is 2430. The zero-order valence-corrected chi connectivity index (χ0v) is 26.6. The van der Waals surface area contributed by atoms with Crippen molar-refractivity contribution in [1.29, 1.82) is 0 Å². The van der Waals surface area contributed by atoms with Gasteiger partial charge in [-0.2, -0.15) is 9.97 Å². The van der Waals surface area contributed by atoms with Crippen LogP contribution in [0.15, 0.2) is 170 Å². The summed E-state index contributed by atoms with van der Waals surface area (Å²) in [5.74, 6) is 1.07. The molecule has 4 heteroatoms. The first-order chi connectivity index (χ1) is 23.7. The summed E-state index contributed by atoms with van der Waals surface area (Å²) in [6.45, 7) is 0. The number of halogens is 1. The van der Waals surface area contributed by atoms with E-state index in [9.17, 15) is 0 Å². The van der Waals surface area contributed by atoms with Crippen LogP contribution in [0.1, 0.15) is 22.3 Å². The second-order valence-electron chi connectivity index (χ2n) is 12.1. The molecule has 0 radical (unpaired) electrons. The molecule has 7 aromatic carbocycles. The fourth-order valence-electron chi connectivity index (χ4n) is 7.56. The third kappa shape index (κ3) is 4.40. The predicted octanol–water partition coefficient (Wildman–Crippen LogP) is 11.0. The maximum absolute atomic E-state index is 6.72. The van der Waals surface area contributed by atoms with Crippen molar-refractivity contribution in [1.82, 2.24) is 15.0 Å². The molecule has 1 heterocycles. The molecule has 0 atom stereocenters. The molecule has 226 valence electrons. The summed E-state index contributed by atoms with van der Waals surface area (Å²) in [4.78, 5) is 14.5. The lowest BCUT2D eigenvalue weighted by molar-refractivity contribution is 0.768. The molecular formula is C44H28ClN3. The van der Waals surface area contributed by atoms with E-state index in [-0.39, 0.29) is 5.28 Å². The normalized spacial score (nSPS) is 12.9. The van der Waals surface area contributed by atoms with E-state index in [4.69, 9.17) is 21.6 Å². The van der Waals surface area contributed by atoms with Crippen molar-refractivity contribution in [2.75, 3.05) is 0 Å². The number of hydrogen-bond donors (Lipinski definition) is 0. The van der Waals surface area contributed by atoms with E-state index < -0.39 is 5.41 Å². The molecule has 48 heavy (non-hydrogen) atoms. The van der Waals surface area contributed by atoms with Gasteiger partial charge in [0.2, 0.25) is 5.28 Å². The average molecular weight is 634 g/mol. The minimum atomic E-state index is -0.523. The van der Waals surface area contributed by atoms with Gasteiger partial charge in [0.15, 0.2) is 11.6 Å². The topological polar surface area (TPSA) is 38.7 Å². The summed E-state index contributed by atoms with van der Waals surface area (Å²) < 4.78 is 0. The van der Waals surface area contributed by atoms with E-state index in [1.54, 1.807) is 0 Å². The monoisotopic (exact) mass is 633 g/mol. The highest BCUT2D eigenvalue weighted by Crippen LogP contribution is 2.56. The number of hydrogen-bond acceptors (Lipinski definition) is 3. The summed E-state index contributed by atoms with van der Waals surface area (Å²) in [5, 5.41) is 2.51. The highest BCUT2D eigenvalue weighted by Gasteiger charge is 2.46. The predicted molar refractivity (Wildman–Crippen MR) is 196 cm³/mol. The molecule has 0 aliphatic heterocycles. The Morgan fingerprint density at radius 3 is 1.73 bits per heavy atom. The van der Waals surface area contributed by atoms with Crippen LogP contribution in [0.5, 0.6) is 0 Å². The van der Waals surface area contributed by atoms with Crippen LogP contribution >= 0.6 is 11.6 Å². The Morgan fingerprint density at radius 1 is 0.396 bits per heavy atom. The van der Waals surface area contributed by atoms with E-state index in [0.717, 1.165) is 22.3 Å². The zero-order valence-electron chi connectivity index (χ0n) is 25.9.